The van der Waals surface area contributed by atoms with Crippen molar-refractivity contribution in [2.24, 2.45) is 0 Å². The van der Waals surface area contributed by atoms with Crippen LogP contribution in [0.15, 0.2) is 17.4 Å². The Hall–Kier alpha value is -1.81. The summed E-state index contributed by atoms with van der Waals surface area (Å²) in [7, 11) is 1.43. The maximum atomic E-state index is 11.6. The van der Waals surface area contributed by atoms with E-state index in [1.54, 1.807) is 0 Å². The van der Waals surface area contributed by atoms with Gasteiger partial charge in [-0.3, -0.25) is 9.36 Å². The van der Waals surface area contributed by atoms with E-state index in [1.807, 2.05) is 0 Å². The molecule has 2 aromatic rings. The van der Waals surface area contributed by atoms with E-state index in [0.29, 0.717) is 5.65 Å². The molecule has 9 nitrogen and oxygen atoms in total. The molecule has 0 saturated carbocycles. The minimum Gasteiger partial charge on any atom is -0.394 e. The number of nitrogens with one attached hydrogen (secondary N) is 1. The van der Waals surface area contributed by atoms with Crippen LogP contribution < -0.4 is 5.56 Å². The first-order valence-corrected chi connectivity index (χ1v) is 6.04. The minimum absolute atomic E-state index is 0.174. The SMILES string of the molecule is COC1[C@H](O)[C@H](CO)O[C@@H]1n1cnc2c(=O)[nH]cnc21. The third kappa shape index (κ3) is 1.83. The molecule has 1 aliphatic heterocycles. The molecule has 4 atom stereocenters. The molecule has 0 spiro atoms. The Morgan fingerprint density at radius 1 is 1.55 bits per heavy atom. The quantitative estimate of drug-likeness (QED) is 0.618. The highest BCUT2D eigenvalue weighted by Crippen LogP contribution is 2.32. The molecule has 9 heteroatoms. The number of imidazole rings is 1. The predicted octanol–water partition coefficient (Wildman–Crippen LogP) is -1.61. The van der Waals surface area contributed by atoms with Gasteiger partial charge in [-0.15, -0.1) is 0 Å². The van der Waals surface area contributed by atoms with E-state index < -0.39 is 24.5 Å². The van der Waals surface area contributed by atoms with E-state index in [1.165, 1.54) is 24.3 Å². The van der Waals surface area contributed by atoms with Crippen molar-refractivity contribution < 1.29 is 19.7 Å². The van der Waals surface area contributed by atoms with Crippen LogP contribution in [0.3, 0.4) is 0 Å². The molecule has 3 rings (SSSR count). The molecule has 0 radical (unpaired) electrons. The number of aliphatic hydroxyl groups excluding tert-OH is 2. The Balaban J connectivity index is 2.06. The number of aromatic nitrogens is 4. The molecule has 1 saturated heterocycles. The van der Waals surface area contributed by atoms with Gasteiger partial charge >= 0.3 is 0 Å². The van der Waals surface area contributed by atoms with Crippen molar-refractivity contribution >= 4 is 11.2 Å². The lowest BCUT2D eigenvalue weighted by Crippen LogP contribution is -2.34. The molecule has 0 bridgehead atoms. The third-order valence-corrected chi connectivity index (χ3v) is 3.40. The van der Waals surface area contributed by atoms with E-state index in [9.17, 15) is 15.0 Å². The smallest absolute Gasteiger partial charge is 0.278 e. The van der Waals surface area contributed by atoms with Gasteiger partial charge in [0.15, 0.2) is 17.4 Å². The summed E-state index contributed by atoms with van der Waals surface area (Å²) in [6, 6.07) is 0. The van der Waals surface area contributed by atoms with Crippen molar-refractivity contribution in [3.05, 3.63) is 23.0 Å². The van der Waals surface area contributed by atoms with Gasteiger partial charge in [-0.1, -0.05) is 0 Å². The third-order valence-electron chi connectivity index (χ3n) is 3.40. The fraction of sp³-hybridized carbons (Fsp3) is 0.545. The fourth-order valence-corrected chi connectivity index (χ4v) is 2.40. The van der Waals surface area contributed by atoms with E-state index in [2.05, 4.69) is 15.0 Å². The zero-order valence-corrected chi connectivity index (χ0v) is 10.6. The minimum atomic E-state index is -0.977. The molecule has 20 heavy (non-hydrogen) atoms. The summed E-state index contributed by atoms with van der Waals surface area (Å²) in [5.74, 6) is 0. The van der Waals surface area contributed by atoms with Crippen LogP contribution in [-0.4, -0.2) is 61.8 Å². The Labute approximate surface area is 112 Å². The number of H-pyrrole nitrogens is 1. The number of ether oxygens (including phenoxy) is 2. The number of hydrogen-bond acceptors (Lipinski definition) is 7. The second-order valence-electron chi connectivity index (χ2n) is 4.49. The number of methoxy groups -OCH3 is 1. The zero-order valence-electron chi connectivity index (χ0n) is 10.6. The normalized spacial score (nSPS) is 30.1. The molecule has 1 fully saturated rings. The van der Waals surface area contributed by atoms with E-state index in [-0.39, 0.29) is 17.7 Å². The van der Waals surface area contributed by atoms with Crippen LogP contribution in [0.2, 0.25) is 0 Å². The summed E-state index contributed by atoms with van der Waals surface area (Å²) in [5, 5.41) is 19.2. The van der Waals surface area contributed by atoms with Gasteiger partial charge in [0.25, 0.3) is 5.56 Å². The van der Waals surface area contributed by atoms with Gasteiger partial charge in [0.2, 0.25) is 0 Å². The Morgan fingerprint density at radius 3 is 3.05 bits per heavy atom. The van der Waals surface area contributed by atoms with Crippen LogP contribution in [0.4, 0.5) is 0 Å². The van der Waals surface area contributed by atoms with Crippen molar-refractivity contribution in [3.63, 3.8) is 0 Å². The summed E-state index contributed by atoms with van der Waals surface area (Å²) in [4.78, 5) is 22.1. The van der Waals surface area contributed by atoms with Crippen molar-refractivity contribution in [2.75, 3.05) is 13.7 Å². The maximum Gasteiger partial charge on any atom is 0.278 e. The van der Waals surface area contributed by atoms with Crippen LogP contribution >= 0.6 is 0 Å². The highest BCUT2D eigenvalue weighted by molar-refractivity contribution is 5.68. The van der Waals surface area contributed by atoms with Crippen molar-refractivity contribution in [2.45, 2.75) is 24.5 Å². The topological polar surface area (TPSA) is 122 Å². The summed E-state index contributed by atoms with van der Waals surface area (Å²) < 4.78 is 12.3. The molecule has 0 aliphatic carbocycles. The van der Waals surface area contributed by atoms with Gasteiger partial charge in [0, 0.05) is 7.11 Å². The maximum absolute atomic E-state index is 11.6. The predicted molar refractivity (Wildman–Crippen MR) is 65.9 cm³/mol. The van der Waals surface area contributed by atoms with E-state index in [0.717, 1.165) is 0 Å². The average Bonchev–Trinajstić information content (AvgIpc) is 3.00. The standard InChI is InChI=1S/C11H14N4O5/c1-19-8-7(17)5(2-16)20-11(8)15-4-14-6-9(15)12-3-13-10(6)18/h3-5,7-8,11,16-17H,2H2,1H3,(H,12,13,18)/t5-,7+,8?,11-/m0/s1. The molecule has 3 heterocycles. The number of aliphatic hydroxyl groups is 2. The van der Waals surface area contributed by atoms with Crippen molar-refractivity contribution in [1.29, 1.82) is 0 Å². The lowest BCUT2D eigenvalue weighted by atomic mass is 10.1. The van der Waals surface area contributed by atoms with Gasteiger partial charge in [-0.25, -0.2) is 9.97 Å². The number of rotatable bonds is 3. The Bertz CT molecular complexity index is 668. The Kier molecular flexibility index (Phi) is 3.26. The lowest BCUT2D eigenvalue weighted by Gasteiger charge is -2.19. The van der Waals surface area contributed by atoms with Gasteiger partial charge in [-0.2, -0.15) is 0 Å². The number of hydrogen-bond donors (Lipinski definition) is 3. The van der Waals surface area contributed by atoms with Gasteiger partial charge < -0.3 is 24.7 Å². The van der Waals surface area contributed by atoms with Gasteiger partial charge in [0.05, 0.1) is 19.3 Å². The first kappa shape index (κ1) is 13.2. The molecule has 108 valence electrons. The second-order valence-corrected chi connectivity index (χ2v) is 4.49. The van der Waals surface area contributed by atoms with E-state index >= 15 is 0 Å². The van der Waals surface area contributed by atoms with Crippen LogP contribution in [0, 0.1) is 0 Å². The molecule has 0 amide bonds. The number of fused-ring (bicyclic) bond motifs is 1. The van der Waals surface area contributed by atoms with Crippen molar-refractivity contribution in [3.8, 4) is 0 Å². The molecule has 1 unspecified atom stereocenters. The van der Waals surface area contributed by atoms with Gasteiger partial charge in [-0.05, 0) is 0 Å². The molecule has 0 aromatic carbocycles. The summed E-state index contributed by atoms with van der Waals surface area (Å²) in [6.07, 6.45) is -0.480. The zero-order chi connectivity index (χ0) is 14.3. The summed E-state index contributed by atoms with van der Waals surface area (Å²) in [6.45, 7) is -0.335. The fourth-order valence-electron chi connectivity index (χ4n) is 2.40. The molecular weight excluding hydrogens is 268 g/mol. The summed E-state index contributed by atoms with van der Waals surface area (Å²) in [5.41, 5.74) is 0.138. The van der Waals surface area contributed by atoms with Crippen LogP contribution in [0.25, 0.3) is 11.2 Å². The van der Waals surface area contributed by atoms with Crippen LogP contribution in [-0.2, 0) is 9.47 Å². The highest BCUT2D eigenvalue weighted by Gasteiger charge is 2.45. The number of nitrogens with zero attached hydrogens (tertiary/aromatic N) is 3. The molecule has 3 N–H and O–H groups in total. The first-order chi connectivity index (χ1) is 9.67. The van der Waals surface area contributed by atoms with Gasteiger partial charge in [0.1, 0.15) is 18.3 Å². The first-order valence-electron chi connectivity index (χ1n) is 6.04. The van der Waals surface area contributed by atoms with Crippen molar-refractivity contribution in [1.82, 2.24) is 19.5 Å². The van der Waals surface area contributed by atoms with Crippen LogP contribution in [0.1, 0.15) is 6.23 Å². The lowest BCUT2D eigenvalue weighted by molar-refractivity contribution is -0.0583. The van der Waals surface area contributed by atoms with E-state index in [4.69, 9.17) is 9.47 Å². The average molecular weight is 282 g/mol. The summed E-state index contributed by atoms with van der Waals surface area (Å²) >= 11 is 0. The molecule has 2 aromatic heterocycles. The monoisotopic (exact) mass is 282 g/mol. The largest absolute Gasteiger partial charge is 0.394 e. The number of aromatic amines is 1. The second kappa shape index (κ2) is 4.94. The van der Waals surface area contributed by atoms with Crippen LogP contribution in [0.5, 0.6) is 0 Å². The Morgan fingerprint density at radius 2 is 2.35 bits per heavy atom. The molecular formula is C11H14N4O5. The molecule has 1 aliphatic rings. The highest BCUT2D eigenvalue weighted by atomic mass is 16.6.